The summed E-state index contributed by atoms with van der Waals surface area (Å²) in [7, 11) is 3.30. The number of carbonyl (C=O) groups is 2. The van der Waals surface area contributed by atoms with Crippen molar-refractivity contribution in [2.45, 2.75) is 12.8 Å². The van der Waals surface area contributed by atoms with E-state index < -0.39 is 18.4 Å². The molecule has 1 heterocycles. The summed E-state index contributed by atoms with van der Waals surface area (Å²) in [6.45, 7) is 0. The maximum atomic E-state index is 11.0. The molecule has 0 bridgehead atoms. The van der Waals surface area contributed by atoms with Crippen molar-refractivity contribution in [2.24, 2.45) is 0 Å². The quantitative estimate of drug-likeness (QED) is 0.533. The maximum Gasteiger partial charge on any atom is 0.334 e. The summed E-state index contributed by atoms with van der Waals surface area (Å²) in [5.74, 6) is -0.923. The van der Waals surface area contributed by atoms with Crippen molar-refractivity contribution < 1.29 is 19.1 Å². The van der Waals surface area contributed by atoms with Gasteiger partial charge in [0, 0.05) is 6.08 Å². The summed E-state index contributed by atoms with van der Waals surface area (Å²) >= 11 is 0. The van der Waals surface area contributed by atoms with Crippen molar-refractivity contribution in [3.05, 3.63) is 12.2 Å². The first kappa shape index (κ1) is 9.73. The highest BCUT2D eigenvalue weighted by atomic mass is 16.7. The molecule has 1 aliphatic rings. The lowest BCUT2D eigenvalue weighted by molar-refractivity contribution is -0.212. The average molecular weight is 185 g/mol. The predicted octanol–water partition coefficient (Wildman–Crippen LogP) is -0.122. The van der Waals surface area contributed by atoms with Gasteiger partial charge in [0.1, 0.15) is 0 Å². The van der Waals surface area contributed by atoms with Crippen LogP contribution in [0.1, 0.15) is 6.42 Å². The molecule has 5 heteroatoms. The summed E-state index contributed by atoms with van der Waals surface area (Å²) in [6.07, 6.45) is 1.80. The van der Waals surface area contributed by atoms with E-state index in [0.29, 0.717) is 0 Å². The highest BCUT2D eigenvalue weighted by Crippen LogP contribution is 2.05. The first-order chi connectivity index (χ1) is 6.09. The number of esters is 2. The van der Waals surface area contributed by atoms with Gasteiger partial charge in [-0.3, -0.25) is 4.79 Å². The van der Waals surface area contributed by atoms with Crippen LogP contribution in [0.15, 0.2) is 12.2 Å². The van der Waals surface area contributed by atoms with Gasteiger partial charge in [-0.05, 0) is 14.1 Å². The molecular weight excluding hydrogens is 174 g/mol. The van der Waals surface area contributed by atoms with Crippen molar-refractivity contribution >= 4 is 11.9 Å². The zero-order valence-electron chi connectivity index (χ0n) is 7.52. The van der Waals surface area contributed by atoms with Crippen molar-refractivity contribution in [3.8, 4) is 0 Å². The standard InChI is InChI=1S/C8H11NO4/c1-9(2)8-12-6(10)4-3-5-7(11)13-8/h3-4,8H,5H2,1-2H3. The Morgan fingerprint density at radius 1 is 1.38 bits per heavy atom. The third kappa shape index (κ3) is 2.87. The normalized spacial score (nSPS) is 23.5. The number of hydrogen-bond acceptors (Lipinski definition) is 5. The molecule has 0 saturated carbocycles. The maximum absolute atomic E-state index is 11.0. The van der Waals surface area contributed by atoms with E-state index in [1.165, 1.54) is 17.1 Å². The van der Waals surface area contributed by atoms with Gasteiger partial charge in [-0.25, -0.2) is 9.69 Å². The van der Waals surface area contributed by atoms with Gasteiger partial charge in [0.05, 0.1) is 6.42 Å². The lowest BCUT2D eigenvalue weighted by atomic mass is 10.4. The summed E-state index contributed by atoms with van der Waals surface area (Å²) in [5, 5.41) is 0. The van der Waals surface area contributed by atoms with Crippen LogP contribution in [0.3, 0.4) is 0 Å². The Balaban J connectivity index is 2.70. The summed E-state index contributed by atoms with van der Waals surface area (Å²) < 4.78 is 9.60. The van der Waals surface area contributed by atoms with Gasteiger partial charge >= 0.3 is 18.4 Å². The molecule has 5 nitrogen and oxygen atoms in total. The van der Waals surface area contributed by atoms with E-state index >= 15 is 0 Å². The van der Waals surface area contributed by atoms with Crippen LogP contribution in [-0.2, 0) is 19.1 Å². The van der Waals surface area contributed by atoms with E-state index in [1.54, 1.807) is 14.1 Å². The molecule has 0 saturated heterocycles. The monoisotopic (exact) mass is 185 g/mol. The van der Waals surface area contributed by atoms with E-state index in [-0.39, 0.29) is 6.42 Å². The minimum absolute atomic E-state index is 0.0967. The molecule has 0 aromatic rings. The highest BCUT2D eigenvalue weighted by molar-refractivity contribution is 5.84. The molecule has 13 heavy (non-hydrogen) atoms. The highest BCUT2D eigenvalue weighted by Gasteiger charge is 2.21. The van der Waals surface area contributed by atoms with Crippen LogP contribution >= 0.6 is 0 Å². The third-order valence-corrected chi connectivity index (χ3v) is 1.41. The van der Waals surface area contributed by atoms with Crippen molar-refractivity contribution in [1.29, 1.82) is 0 Å². The number of ether oxygens (including phenoxy) is 2. The second-order valence-corrected chi connectivity index (χ2v) is 2.80. The number of cyclic esters (lactones) is 2. The van der Waals surface area contributed by atoms with Gasteiger partial charge < -0.3 is 9.47 Å². The lowest BCUT2D eigenvalue weighted by Gasteiger charge is -2.23. The second-order valence-electron chi connectivity index (χ2n) is 2.80. The molecule has 1 atom stereocenters. The SMILES string of the molecule is CN(C)C1OC(=O)C=CCC(=O)O1. The molecule has 0 radical (unpaired) electrons. The topological polar surface area (TPSA) is 55.8 Å². The zero-order valence-corrected chi connectivity index (χ0v) is 7.52. The third-order valence-electron chi connectivity index (χ3n) is 1.41. The molecule has 1 aliphatic heterocycles. The van der Waals surface area contributed by atoms with E-state index in [0.717, 1.165) is 0 Å². The summed E-state index contributed by atoms with van der Waals surface area (Å²) in [6, 6.07) is 0. The van der Waals surface area contributed by atoms with Gasteiger partial charge in [0.15, 0.2) is 0 Å². The molecule has 1 rings (SSSR count). The second kappa shape index (κ2) is 4.04. The summed E-state index contributed by atoms with van der Waals surface area (Å²) in [4.78, 5) is 23.4. The largest absolute Gasteiger partial charge is 0.411 e. The molecule has 0 aromatic carbocycles. The Kier molecular flexibility index (Phi) is 3.02. The molecule has 0 N–H and O–H groups in total. The number of hydrogen-bond donors (Lipinski definition) is 0. The van der Waals surface area contributed by atoms with Gasteiger partial charge in [-0.1, -0.05) is 6.08 Å². The number of rotatable bonds is 1. The number of nitrogens with zero attached hydrogens (tertiary/aromatic N) is 1. The van der Waals surface area contributed by atoms with Crippen molar-refractivity contribution in [2.75, 3.05) is 14.1 Å². The van der Waals surface area contributed by atoms with Crippen LogP contribution in [0.4, 0.5) is 0 Å². The average Bonchev–Trinajstić information content (AvgIpc) is 1.99. The molecule has 72 valence electrons. The smallest absolute Gasteiger partial charge is 0.334 e. The Labute approximate surface area is 75.9 Å². The van der Waals surface area contributed by atoms with Crippen molar-refractivity contribution in [3.63, 3.8) is 0 Å². The molecule has 0 aromatic heterocycles. The first-order valence-corrected chi connectivity index (χ1v) is 3.82. The number of carbonyl (C=O) groups excluding carboxylic acids is 2. The molecule has 0 fully saturated rings. The molecule has 0 spiro atoms. The molecule has 0 aliphatic carbocycles. The van der Waals surface area contributed by atoms with E-state index in [1.807, 2.05) is 0 Å². The Morgan fingerprint density at radius 3 is 2.69 bits per heavy atom. The van der Waals surface area contributed by atoms with Crippen LogP contribution in [-0.4, -0.2) is 37.3 Å². The zero-order chi connectivity index (χ0) is 9.84. The van der Waals surface area contributed by atoms with Crippen molar-refractivity contribution in [1.82, 2.24) is 4.90 Å². The van der Waals surface area contributed by atoms with Crippen LogP contribution < -0.4 is 0 Å². The summed E-state index contributed by atoms with van der Waals surface area (Å²) in [5.41, 5.74) is 0. The van der Waals surface area contributed by atoms with Gasteiger partial charge in [-0.2, -0.15) is 0 Å². The molecule has 1 unspecified atom stereocenters. The fourth-order valence-electron chi connectivity index (χ4n) is 0.785. The van der Waals surface area contributed by atoms with Gasteiger partial charge in [0.25, 0.3) is 0 Å². The fourth-order valence-corrected chi connectivity index (χ4v) is 0.785. The first-order valence-electron chi connectivity index (χ1n) is 3.82. The van der Waals surface area contributed by atoms with Gasteiger partial charge in [0.2, 0.25) is 0 Å². The van der Waals surface area contributed by atoms with E-state index in [2.05, 4.69) is 0 Å². The Morgan fingerprint density at radius 2 is 2.08 bits per heavy atom. The molecule has 0 amide bonds. The lowest BCUT2D eigenvalue weighted by Crippen LogP contribution is -2.37. The Hall–Kier alpha value is -1.36. The van der Waals surface area contributed by atoms with Gasteiger partial charge in [-0.15, -0.1) is 0 Å². The van der Waals surface area contributed by atoms with Crippen LogP contribution in [0.2, 0.25) is 0 Å². The fraction of sp³-hybridized carbons (Fsp3) is 0.500. The minimum atomic E-state index is -0.926. The van der Waals surface area contributed by atoms with E-state index in [4.69, 9.17) is 9.47 Å². The van der Waals surface area contributed by atoms with Crippen LogP contribution in [0.25, 0.3) is 0 Å². The van der Waals surface area contributed by atoms with Crippen LogP contribution in [0, 0.1) is 0 Å². The molecular formula is C8H11NO4. The van der Waals surface area contributed by atoms with Crippen LogP contribution in [0.5, 0.6) is 0 Å². The predicted molar refractivity (Wildman–Crippen MR) is 43.4 cm³/mol. The Bertz CT molecular complexity index is 247. The minimum Gasteiger partial charge on any atom is -0.411 e. The van der Waals surface area contributed by atoms with E-state index in [9.17, 15) is 9.59 Å².